The van der Waals surface area contributed by atoms with Gasteiger partial charge in [-0.25, -0.2) is 12.8 Å². The summed E-state index contributed by atoms with van der Waals surface area (Å²) < 4.78 is 39.6. The Morgan fingerprint density at radius 2 is 2.21 bits per heavy atom. The quantitative estimate of drug-likeness (QED) is 0.326. The molecule has 0 aliphatic carbocycles. The second-order valence-electron chi connectivity index (χ2n) is 4.23. The molecule has 4 N–H and O–H groups in total. The molecular formula is C11H16FN3O3S. The van der Waals surface area contributed by atoms with Gasteiger partial charge in [0.2, 0.25) is 10.0 Å². The fourth-order valence-corrected chi connectivity index (χ4v) is 2.89. The first kappa shape index (κ1) is 15.4. The van der Waals surface area contributed by atoms with Gasteiger partial charge in [-0.3, -0.25) is 0 Å². The number of rotatable bonds is 5. The number of oxime groups is 1. The molecule has 0 aromatic heterocycles. The number of nitrogens with zero attached hydrogens (tertiary/aromatic N) is 1. The smallest absolute Gasteiger partial charge is 0.241 e. The molecule has 0 radical (unpaired) electrons. The molecule has 1 aromatic rings. The molecule has 1 atom stereocenters. The highest BCUT2D eigenvalue weighted by Gasteiger charge is 2.33. The number of hydrogen-bond acceptors (Lipinski definition) is 4. The third-order valence-corrected chi connectivity index (χ3v) is 4.44. The SMILES string of the molecule is CCC(C)(NS(=O)(=O)c1cccc(F)c1)/C(N)=N/O. The van der Waals surface area contributed by atoms with Gasteiger partial charge < -0.3 is 10.9 Å². The summed E-state index contributed by atoms with van der Waals surface area (Å²) in [5, 5.41) is 11.5. The van der Waals surface area contributed by atoms with E-state index in [-0.39, 0.29) is 17.2 Å². The Bertz CT molecular complexity index is 589. The van der Waals surface area contributed by atoms with Gasteiger partial charge >= 0.3 is 0 Å². The first-order valence-corrected chi connectivity index (χ1v) is 7.01. The van der Waals surface area contributed by atoms with Crippen molar-refractivity contribution in [1.82, 2.24) is 4.72 Å². The third kappa shape index (κ3) is 3.42. The fourth-order valence-electron chi connectivity index (χ4n) is 1.41. The van der Waals surface area contributed by atoms with Crippen LogP contribution in [0.15, 0.2) is 34.3 Å². The topological polar surface area (TPSA) is 105 Å². The van der Waals surface area contributed by atoms with Gasteiger partial charge in [0.05, 0.1) is 10.4 Å². The molecule has 0 heterocycles. The van der Waals surface area contributed by atoms with E-state index in [9.17, 15) is 12.8 Å². The molecule has 0 bridgehead atoms. The van der Waals surface area contributed by atoms with E-state index < -0.39 is 21.4 Å². The van der Waals surface area contributed by atoms with Crippen LogP contribution in [0.4, 0.5) is 4.39 Å². The Labute approximate surface area is 111 Å². The van der Waals surface area contributed by atoms with E-state index in [2.05, 4.69) is 9.88 Å². The molecule has 106 valence electrons. The van der Waals surface area contributed by atoms with Gasteiger partial charge in [-0.05, 0) is 31.5 Å². The van der Waals surface area contributed by atoms with Gasteiger partial charge in [0.25, 0.3) is 0 Å². The zero-order valence-electron chi connectivity index (χ0n) is 10.6. The van der Waals surface area contributed by atoms with Crippen molar-refractivity contribution in [2.45, 2.75) is 30.7 Å². The summed E-state index contributed by atoms with van der Waals surface area (Å²) >= 11 is 0. The minimum absolute atomic E-state index is 0.224. The van der Waals surface area contributed by atoms with Gasteiger partial charge in [-0.1, -0.05) is 18.1 Å². The van der Waals surface area contributed by atoms with Crippen LogP contribution in [0.3, 0.4) is 0 Å². The van der Waals surface area contributed by atoms with Crippen molar-refractivity contribution < 1.29 is 18.0 Å². The van der Waals surface area contributed by atoms with Gasteiger partial charge in [0.1, 0.15) is 5.82 Å². The lowest BCUT2D eigenvalue weighted by Crippen LogP contribution is -2.54. The fraction of sp³-hybridized carbons (Fsp3) is 0.364. The first-order chi connectivity index (χ1) is 8.75. The number of amidine groups is 1. The number of halogens is 1. The zero-order chi connectivity index (χ0) is 14.7. The van der Waals surface area contributed by atoms with Crippen LogP contribution in [0.25, 0.3) is 0 Å². The highest BCUT2D eigenvalue weighted by Crippen LogP contribution is 2.17. The first-order valence-electron chi connectivity index (χ1n) is 5.52. The Morgan fingerprint density at radius 3 is 2.68 bits per heavy atom. The molecule has 1 rings (SSSR count). The predicted octanol–water partition coefficient (Wildman–Crippen LogP) is 1.02. The molecule has 0 saturated heterocycles. The maximum absolute atomic E-state index is 13.1. The van der Waals surface area contributed by atoms with E-state index >= 15 is 0 Å². The summed E-state index contributed by atoms with van der Waals surface area (Å²) in [5.74, 6) is -0.931. The van der Waals surface area contributed by atoms with E-state index in [0.29, 0.717) is 0 Å². The highest BCUT2D eigenvalue weighted by atomic mass is 32.2. The van der Waals surface area contributed by atoms with Crippen molar-refractivity contribution in [3.05, 3.63) is 30.1 Å². The van der Waals surface area contributed by atoms with E-state index in [1.807, 2.05) is 0 Å². The Hall–Kier alpha value is -1.67. The number of hydrogen-bond donors (Lipinski definition) is 3. The Balaban J connectivity index is 3.16. The summed E-state index contributed by atoms with van der Waals surface area (Å²) in [6.07, 6.45) is 0.261. The third-order valence-electron chi connectivity index (χ3n) is 2.85. The Kier molecular flexibility index (Phi) is 4.48. The molecule has 0 saturated carbocycles. The summed E-state index contributed by atoms with van der Waals surface area (Å²) in [7, 11) is -3.97. The largest absolute Gasteiger partial charge is 0.409 e. The van der Waals surface area contributed by atoms with E-state index in [4.69, 9.17) is 10.9 Å². The maximum atomic E-state index is 13.1. The molecule has 6 nitrogen and oxygen atoms in total. The second-order valence-corrected chi connectivity index (χ2v) is 5.92. The van der Waals surface area contributed by atoms with Crippen molar-refractivity contribution >= 4 is 15.9 Å². The molecule has 1 aromatic carbocycles. The van der Waals surface area contributed by atoms with Crippen LogP contribution in [0, 0.1) is 5.82 Å². The molecule has 0 aliphatic heterocycles. The standard InChI is InChI=1S/C11H16FN3O3S/c1-3-11(2,10(13)14-16)15-19(17,18)9-6-4-5-8(12)7-9/h4-7,15-16H,3H2,1-2H3,(H2,13,14). The average molecular weight is 289 g/mol. The van der Waals surface area contributed by atoms with E-state index in [0.717, 1.165) is 12.1 Å². The summed E-state index contributed by atoms with van der Waals surface area (Å²) in [6.45, 7) is 3.14. The van der Waals surface area contributed by atoms with Crippen LogP contribution < -0.4 is 10.5 Å². The second kappa shape index (κ2) is 5.54. The van der Waals surface area contributed by atoms with Crippen molar-refractivity contribution in [3.63, 3.8) is 0 Å². The van der Waals surface area contributed by atoms with Crippen LogP contribution in [0.5, 0.6) is 0 Å². The number of sulfonamides is 1. The zero-order valence-corrected chi connectivity index (χ0v) is 11.4. The van der Waals surface area contributed by atoms with Gasteiger partial charge in [0.15, 0.2) is 5.84 Å². The lowest BCUT2D eigenvalue weighted by molar-refractivity contribution is 0.310. The molecular weight excluding hydrogens is 273 g/mol. The summed E-state index contributed by atoms with van der Waals surface area (Å²) in [5.41, 5.74) is 4.23. The highest BCUT2D eigenvalue weighted by molar-refractivity contribution is 7.89. The predicted molar refractivity (Wildman–Crippen MR) is 68.8 cm³/mol. The van der Waals surface area contributed by atoms with E-state index in [1.54, 1.807) is 6.92 Å². The maximum Gasteiger partial charge on any atom is 0.241 e. The van der Waals surface area contributed by atoms with Crippen LogP contribution in [0.1, 0.15) is 20.3 Å². The van der Waals surface area contributed by atoms with Crippen LogP contribution >= 0.6 is 0 Å². The van der Waals surface area contributed by atoms with E-state index in [1.165, 1.54) is 19.1 Å². The van der Waals surface area contributed by atoms with Crippen LogP contribution in [-0.2, 0) is 10.0 Å². The van der Waals surface area contributed by atoms with Gasteiger partial charge in [-0.15, -0.1) is 0 Å². The summed E-state index contributed by atoms with van der Waals surface area (Å²) in [4.78, 5) is -0.224. The van der Waals surface area contributed by atoms with Crippen molar-refractivity contribution in [2.24, 2.45) is 10.9 Å². The molecule has 8 heteroatoms. The van der Waals surface area contributed by atoms with Gasteiger partial charge in [-0.2, -0.15) is 4.72 Å². The summed E-state index contributed by atoms with van der Waals surface area (Å²) in [6, 6.07) is 4.58. The van der Waals surface area contributed by atoms with Crippen molar-refractivity contribution in [3.8, 4) is 0 Å². The molecule has 1 unspecified atom stereocenters. The minimum Gasteiger partial charge on any atom is -0.409 e. The molecule has 0 amide bonds. The lowest BCUT2D eigenvalue weighted by atomic mass is 10.00. The normalized spacial score (nSPS) is 16.1. The molecule has 0 aliphatic rings. The number of nitrogens with two attached hydrogens (primary N) is 1. The van der Waals surface area contributed by atoms with Crippen LogP contribution in [-0.4, -0.2) is 25.0 Å². The number of nitrogens with one attached hydrogen (secondary N) is 1. The molecule has 0 spiro atoms. The lowest BCUT2D eigenvalue weighted by Gasteiger charge is -2.27. The van der Waals surface area contributed by atoms with Crippen molar-refractivity contribution in [2.75, 3.05) is 0 Å². The van der Waals surface area contributed by atoms with Crippen molar-refractivity contribution in [1.29, 1.82) is 0 Å². The number of benzene rings is 1. The average Bonchev–Trinajstić information content (AvgIpc) is 2.37. The molecule has 19 heavy (non-hydrogen) atoms. The molecule has 0 fully saturated rings. The monoisotopic (exact) mass is 289 g/mol. The van der Waals surface area contributed by atoms with Crippen LogP contribution in [0.2, 0.25) is 0 Å². The van der Waals surface area contributed by atoms with Gasteiger partial charge in [0, 0.05) is 0 Å². The Morgan fingerprint density at radius 1 is 1.58 bits per heavy atom. The minimum atomic E-state index is -3.97.